The Hall–Kier alpha value is -2.60. The fraction of sp³-hybridized carbons (Fsp3) is 0.176. The maximum atomic E-state index is 13.9. The minimum atomic E-state index is -0.465. The van der Waals surface area contributed by atoms with Crippen LogP contribution in [-0.4, -0.2) is 30.4 Å². The summed E-state index contributed by atoms with van der Waals surface area (Å²) in [5.41, 5.74) is 1.05. The number of rotatable bonds is 3. The van der Waals surface area contributed by atoms with Crippen LogP contribution in [-0.2, 0) is 11.3 Å². The van der Waals surface area contributed by atoms with Crippen molar-refractivity contribution < 1.29 is 18.7 Å². The third kappa shape index (κ3) is 3.19. The van der Waals surface area contributed by atoms with E-state index in [4.69, 9.17) is 16.3 Å². The summed E-state index contributed by atoms with van der Waals surface area (Å²) in [7, 11) is 1.56. The molecule has 1 aliphatic rings. The molecule has 0 bridgehead atoms. The van der Waals surface area contributed by atoms with E-state index in [0.717, 1.165) is 0 Å². The van der Waals surface area contributed by atoms with Crippen LogP contribution in [0.3, 0.4) is 0 Å². The summed E-state index contributed by atoms with van der Waals surface area (Å²) in [5, 5.41) is 2.91. The van der Waals surface area contributed by atoms with Crippen molar-refractivity contribution in [1.29, 1.82) is 0 Å². The zero-order valence-electron chi connectivity index (χ0n) is 12.8. The summed E-state index contributed by atoms with van der Waals surface area (Å²) >= 11 is 5.99. The number of ether oxygens (including phenoxy) is 1. The average Bonchev–Trinajstić information content (AvgIpc) is 2.56. The minimum Gasteiger partial charge on any atom is -0.482 e. The molecule has 24 heavy (non-hydrogen) atoms. The summed E-state index contributed by atoms with van der Waals surface area (Å²) in [6.45, 7) is -0.0176. The maximum absolute atomic E-state index is 13.9. The number of nitrogens with zero attached hydrogens (tertiary/aromatic N) is 1. The van der Waals surface area contributed by atoms with Crippen LogP contribution in [0.1, 0.15) is 15.9 Å². The number of nitrogens with one attached hydrogen (secondary N) is 1. The van der Waals surface area contributed by atoms with Gasteiger partial charge in [-0.3, -0.25) is 9.59 Å². The van der Waals surface area contributed by atoms with Gasteiger partial charge in [0.1, 0.15) is 11.6 Å². The number of fused-ring (bicyclic) bond motifs is 1. The average molecular weight is 349 g/mol. The van der Waals surface area contributed by atoms with Crippen molar-refractivity contribution in [3.05, 3.63) is 58.4 Å². The molecule has 124 valence electrons. The number of hydrogen-bond acceptors (Lipinski definition) is 3. The predicted octanol–water partition coefficient (Wildman–Crippen LogP) is 3.08. The Labute approximate surface area is 143 Å². The van der Waals surface area contributed by atoms with E-state index in [1.54, 1.807) is 25.2 Å². The first kappa shape index (κ1) is 16.3. The number of anilines is 1. The second-order valence-corrected chi connectivity index (χ2v) is 5.82. The van der Waals surface area contributed by atoms with Crippen LogP contribution in [0, 0.1) is 5.82 Å². The maximum Gasteiger partial charge on any atom is 0.262 e. The van der Waals surface area contributed by atoms with Gasteiger partial charge in [-0.2, -0.15) is 0 Å². The molecular weight excluding hydrogens is 335 g/mol. The second kappa shape index (κ2) is 6.49. The Balaban J connectivity index is 1.81. The van der Waals surface area contributed by atoms with Gasteiger partial charge >= 0.3 is 0 Å². The van der Waals surface area contributed by atoms with Gasteiger partial charge in [0.2, 0.25) is 0 Å². The van der Waals surface area contributed by atoms with Crippen molar-refractivity contribution in [3.63, 3.8) is 0 Å². The molecule has 1 N–H and O–H groups in total. The van der Waals surface area contributed by atoms with Crippen LogP contribution in [0.2, 0.25) is 5.02 Å². The van der Waals surface area contributed by atoms with Crippen LogP contribution in [0.25, 0.3) is 0 Å². The fourth-order valence-corrected chi connectivity index (χ4v) is 2.65. The number of amides is 2. The van der Waals surface area contributed by atoms with E-state index in [9.17, 15) is 14.0 Å². The fourth-order valence-electron chi connectivity index (χ4n) is 2.43. The van der Waals surface area contributed by atoms with E-state index in [1.165, 1.54) is 23.1 Å². The molecule has 0 saturated heterocycles. The summed E-state index contributed by atoms with van der Waals surface area (Å²) in [6, 6.07) is 9.13. The summed E-state index contributed by atoms with van der Waals surface area (Å²) in [5.74, 6) is -0.560. The van der Waals surface area contributed by atoms with Crippen molar-refractivity contribution in [1.82, 2.24) is 4.90 Å². The molecule has 1 heterocycles. The van der Waals surface area contributed by atoms with Crippen LogP contribution >= 0.6 is 11.6 Å². The molecule has 2 aromatic rings. The molecular formula is C17H14ClFN2O3. The molecule has 0 atom stereocenters. The Morgan fingerprint density at radius 3 is 2.92 bits per heavy atom. The van der Waals surface area contributed by atoms with Gasteiger partial charge in [0.25, 0.3) is 11.8 Å². The van der Waals surface area contributed by atoms with Gasteiger partial charge in [-0.15, -0.1) is 0 Å². The first-order chi connectivity index (χ1) is 11.5. The SMILES string of the molecule is CN(Cc1c(F)cccc1Cl)C(=O)c1ccc2c(c1)NC(=O)CO2. The highest BCUT2D eigenvalue weighted by atomic mass is 35.5. The minimum absolute atomic E-state index is 0.0320. The molecule has 2 amide bonds. The Morgan fingerprint density at radius 2 is 2.17 bits per heavy atom. The van der Waals surface area contributed by atoms with Gasteiger partial charge < -0.3 is 15.0 Å². The first-order valence-corrected chi connectivity index (χ1v) is 7.58. The van der Waals surface area contributed by atoms with Crippen LogP contribution in [0.4, 0.5) is 10.1 Å². The van der Waals surface area contributed by atoms with Crippen LogP contribution < -0.4 is 10.1 Å². The monoisotopic (exact) mass is 348 g/mol. The molecule has 0 saturated carbocycles. The number of halogens is 2. The molecule has 0 fully saturated rings. The zero-order chi connectivity index (χ0) is 17.3. The van der Waals surface area contributed by atoms with Gasteiger partial charge in [-0.05, 0) is 30.3 Å². The Kier molecular flexibility index (Phi) is 4.40. The van der Waals surface area contributed by atoms with E-state index in [1.807, 2.05) is 0 Å². The number of carbonyl (C=O) groups excluding carboxylic acids is 2. The quantitative estimate of drug-likeness (QED) is 0.927. The molecule has 1 aliphatic heterocycles. The van der Waals surface area contributed by atoms with Gasteiger partial charge in [0, 0.05) is 29.7 Å². The third-order valence-corrected chi connectivity index (χ3v) is 4.02. The first-order valence-electron chi connectivity index (χ1n) is 7.21. The van der Waals surface area contributed by atoms with Gasteiger partial charge in [0.15, 0.2) is 6.61 Å². The Morgan fingerprint density at radius 1 is 1.38 bits per heavy atom. The zero-order valence-corrected chi connectivity index (χ0v) is 13.6. The van der Waals surface area contributed by atoms with Gasteiger partial charge in [-0.1, -0.05) is 17.7 Å². The number of hydrogen-bond donors (Lipinski definition) is 1. The van der Waals surface area contributed by atoms with Gasteiger partial charge in [0.05, 0.1) is 5.69 Å². The molecule has 7 heteroatoms. The van der Waals surface area contributed by atoms with E-state index in [0.29, 0.717) is 17.0 Å². The largest absolute Gasteiger partial charge is 0.482 e. The topological polar surface area (TPSA) is 58.6 Å². The Bertz CT molecular complexity index is 805. The van der Waals surface area contributed by atoms with Crippen molar-refractivity contribution in [2.24, 2.45) is 0 Å². The molecule has 3 rings (SSSR count). The molecule has 0 radical (unpaired) electrons. The summed E-state index contributed by atoms with van der Waals surface area (Å²) in [4.78, 5) is 25.3. The van der Waals surface area contributed by atoms with E-state index in [-0.39, 0.29) is 35.6 Å². The lowest BCUT2D eigenvalue weighted by Crippen LogP contribution is -2.28. The van der Waals surface area contributed by atoms with Crippen molar-refractivity contribution in [2.75, 3.05) is 19.0 Å². The van der Waals surface area contributed by atoms with E-state index < -0.39 is 5.82 Å². The highest BCUT2D eigenvalue weighted by Crippen LogP contribution is 2.29. The molecule has 0 spiro atoms. The van der Waals surface area contributed by atoms with Gasteiger partial charge in [-0.25, -0.2) is 4.39 Å². The number of benzene rings is 2. The molecule has 5 nitrogen and oxygen atoms in total. The van der Waals surface area contributed by atoms with E-state index in [2.05, 4.69) is 5.32 Å². The predicted molar refractivity (Wildman–Crippen MR) is 87.8 cm³/mol. The van der Waals surface area contributed by atoms with Crippen LogP contribution in [0.5, 0.6) is 5.75 Å². The smallest absolute Gasteiger partial charge is 0.262 e. The second-order valence-electron chi connectivity index (χ2n) is 5.41. The molecule has 0 aromatic heterocycles. The lowest BCUT2D eigenvalue weighted by atomic mass is 10.1. The standard InChI is InChI=1S/C17H14ClFN2O3/c1-21(8-11-12(18)3-2-4-13(11)19)17(23)10-5-6-15-14(7-10)20-16(22)9-24-15/h2-7H,8-9H2,1H3,(H,20,22). The summed E-state index contributed by atoms with van der Waals surface area (Å²) < 4.78 is 19.1. The number of carbonyl (C=O) groups is 2. The van der Waals surface area contributed by atoms with Crippen molar-refractivity contribution in [3.8, 4) is 5.75 Å². The lowest BCUT2D eigenvalue weighted by Gasteiger charge is -2.21. The van der Waals surface area contributed by atoms with Crippen molar-refractivity contribution >= 4 is 29.1 Å². The molecule has 0 unspecified atom stereocenters. The van der Waals surface area contributed by atoms with Crippen LogP contribution in [0.15, 0.2) is 36.4 Å². The normalized spacial score (nSPS) is 12.9. The van der Waals surface area contributed by atoms with E-state index >= 15 is 0 Å². The third-order valence-electron chi connectivity index (χ3n) is 3.66. The lowest BCUT2D eigenvalue weighted by molar-refractivity contribution is -0.118. The molecule has 0 aliphatic carbocycles. The highest BCUT2D eigenvalue weighted by molar-refractivity contribution is 6.31. The summed E-state index contributed by atoms with van der Waals surface area (Å²) in [6.07, 6.45) is 0. The van der Waals surface area contributed by atoms with Crippen molar-refractivity contribution in [2.45, 2.75) is 6.54 Å². The molecule has 2 aromatic carbocycles. The highest BCUT2D eigenvalue weighted by Gasteiger charge is 2.20.